The molecule has 0 aliphatic carbocycles. The molecule has 1 aliphatic heterocycles. The van der Waals surface area contributed by atoms with Crippen LogP contribution in [-0.2, 0) is 9.59 Å². The molecule has 1 N–H and O–H groups in total. The number of carbonyl (C=O) groups excluding carboxylic acids is 2. The molecular formula is C19H20N2O2. The van der Waals surface area contributed by atoms with E-state index in [0.717, 1.165) is 22.4 Å². The summed E-state index contributed by atoms with van der Waals surface area (Å²) in [6, 6.07) is 13.0. The number of hydrogen-bond acceptors (Lipinski definition) is 3. The Balaban J connectivity index is 1.83. The van der Waals surface area contributed by atoms with Gasteiger partial charge < -0.3 is 5.32 Å². The Morgan fingerprint density at radius 3 is 2.26 bits per heavy atom. The summed E-state index contributed by atoms with van der Waals surface area (Å²) in [5.41, 5.74) is 4.73. The highest BCUT2D eigenvalue weighted by atomic mass is 16.2. The number of imide groups is 1. The summed E-state index contributed by atoms with van der Waals surface area (Å²) in [7, 11) is 0. The van der Waals surface area contributed by atoms with Gasteiger partial charge in [0.15, 0.2) is 0 Å². The summed E-state index contributed by atoms with van der Waals surface area (Å²) in [5.74, 6) is -0.353. The van der Waals surface area contributed by atoms with Gasteiger partial charge in [-0.1, -0.05) is 35.4 Å². The third kappa shape index (κ3) is 2.97. The van der Waals surface area contributed by atoms with Crippen LogP contribution in [0.5, 0.6) is 0 Å². The van der Waals surface area contributed by atoms with E-state index in [-0.39, 0.29) is 18.2 Å². The van der Waals surface area contributed by atoms with E-state index in [1.54, 1.807) is 0 Å². The molecule has 0 aromatic heterocycles. The van der Waals surface area contributed by atoms with Crippen molar-refractivity contribution in [3.8, 4) is 0 Å². The van der Waals surface area contributed by atoms with Crippen molar-refractivity contribution in [1.82, 2.24) is 0 Å². The Morgan fingerprint density at radius 1 is 0.957 bits per heavy atom. The predicted molar refractivity (Wildman–Crippen MR) is 91.6 cm³/mol. The lowest BCUT2D eigenvalue weighted by atomic mass is 10.1. The molecule has 0 radical (unpaired) electrons. The van der Waals surface area contributed by atoms with Gasteiger partial charge in [0.05, 0.1) is 12.1 Å². The number of rotatable bonds is 3. The van der Waals surface area contributed by atoms with Crippen LogP contribution in [0.2, 0.25) is 0 Å². The van der Waals surface area contributed by atoms with Crippen molar-refractivity contribution in [2.75, 3.05) is 10.2 Å². The number of aryl methyl sites for hydroxylation is 3. The zero-order valence-electron chi connectivity index (χ0n) is 13.6. The van der Waals surface area contributed by atoms with Gasteiger partial charge in [-0.15, -0.1) is 0 Å². The van der Waals surface area contributed by atoms with E-state index in [0.29, 0.717) is 5.69 Å². The zero-order chi connectivity index (χ0) is 16.6. The van der Waals surface area contributed by atoms with Crippen molar-refractivity contribution < 1.29 is 9.59 Å². The number of amides is 2. The van der Waals surface area contributed by atoms with E-state index < -0.39 is 6.04 Å². The first-order valence-electron chi connectivity index (χ1n) is 7.73. The summed E-state index contributed by atoms with van der Waals surface area (Å²) in [6.07, 6.45) is 0.181. The van der Waals surface area contributed by atoms with Gasteiger partial charge in [-0.3, -0.25) is 9.59 Å². The third-order valence-corrected chi connectivity index (χ3v) is 4.13. The highest BCUT2D eigenvalue weighted by Gasteiger charge is 2.40. The van der Waals surface area contributed by atoms with Gasteiger partial charge in [0, 0.05) is 5.69 Å². The first kappa shape index (κ1) is 15.3. The molecule has 3 rings (SSSR count). The molecule has 0 saturated carbocycles. The molecule has 0 bridgehead atoms. The van der Waals surface area contributed by atoms with E-state index in [1.165, 1.54) is 4.90 Å². The van der Waals surface area contributed by atoms with Crippen LogP contribution in [0.4, 0.5) is 11.4 Å². The molecule has 2 aromatic rings. The van der Waals surface area contributed by atoms with Crippen molar-refractivity contribution in [3.05, 3.63) is 59.2 Å². The molecule has 1 heterocycles. The Morgan fingerprint density at radius 2 is 1.61 bits per heavy atom. The SMILES string of the molecule is Cc1ccc(N[C@@H]2CC(=O)N(c3ccc(C)cc3C)C2=O)cc1. The molecule has 23 heavy (non-hydrogen) atoms. The maximum absolute atomic E-state index is 12.7. The monoisotopic (exact) mass is 308 g/mol. The van der Waals surface area contributed by atoms with Crippen molar-refractivity contribution in [2.45, 2.75) is 33.2 Å². The number of nitrogens with one attached hydrogen (secondary N) is 1. The fourth-order valence-electron chi connectivity index (χ4n) is 2.91. The number of hydrogen-bond donors (Lipinski definition) is 1. The van der Waals surface area contributed by atoms with Crippen molar-refractivity contribution in [2.24, 2.45) is 0 Å². The first-order chi connectivity index (χ1) is 11.0. The molecule has 2 amide bonds. The maximum Gasteiger partial charge on any atom is 0.256 e. The molecule has 1 fully saturated rings. The van der Waals surface area contributed by atoms with Crippen molar-refractivity contribution in [1.29, 1.82) is 0 Å². The average Bonchev–Trinajstić information content (AvgIpc) is 2.77. The highest BCUT2D eigenvalue weighted by molar-refractivity contribution is 6.23. The fourth-order valence-corrected chi connectivity index (χ4v) is 2.91. The zero-order valence-corrected chi connectivity index (χ0v) is 13.6. The van der Waals surface area contributed by atoms with Crippen LogP contribution in [0.25, 0.3) is 0 Å². The number of benzene rings is 2. The molecule has 4 nitrogen and oxygen atoms in total. The molecule has 2 aromatic carbocycles. The summed E-state index contributed by atoms with van der Waals surface area (Å²) in [5, 5.41) is 3.17. The van der Waals surface area contributed by atoms with Crippen molar-refractivity contribution in [3.63, 3.8) is 0 Å². The Hall–Kier alpha value is -2.62. The number of carbonyl (C=O) groups is 2. The minimum atomic E-state index is -0.508. The Kier molecular flexibility index (Phi) is 3.90. The lowest BCUT2D eigenvalue weighted by Gasteiger charge is -2.18. The smallest absolute Gasteiger partial charge is 0.256 e. The summed E-state index contributed by atoms with van der Waals surface area (Å²) in [4.78, 5) is 26.3. The average molecular weight is 308 g/mol. The summed E-state index contributed by atoms with van der Waals surface area (Å²) >= 11 is 0. The second kappa shape index (κ2) is 5.88. The van der Waals surface area contributed by atoms with Crippen LogP contribution in [0.15, 0.2) is 42.5 Å². The lowest BCUT2D eigenvalue weighted by Crippen LogP contribution is -2.35. The van der Waals surface area contributed by atoms with Gasteiger partial charge in [-0.05, 0) is 44.5 Å². The van der Waals surface area contributed by atoms with Gasteiger partial charge in [0.2, 0.25) is 5.91 Å². The van der Waals surface area contributed by atoms with Crippen LogP contribution in [0, 0.1) is 20.8 Å². The third-order valence-electron chi connectivity index (χ3n) is 4.13. The molecular weight excluding hydrogens is 288 g/mol. The van der Waals surface area contributed by atoms with E-state index in [1.807, 2.05) is 63.2 Å². The van der Waals surface area contributed by atoms with E-state index in [9.17, 15) is 9.59 Å². The van der Waals surface area contributed by atoms with E-state index >= 15 is 0 Å². The molecule has 1 aliphatic rings. The summed E-state index contributed by atoms with van der Waals surface area (Å²) < 4.78 is 0. The minimum Gasteiger partial charge on any atom is -0.373 e. The normalized spacial score (nSPS) is 17.7. The highest BCUT2D eigenvalue weighted by Crippen LogP contribution is 2.28. The van der Waals surface area contributed by atoms with Gasteiger partial charge >= 0.3 is 0 Å². The largest absolute Gasteiger partial charge is 0.373 e. The van der Waals surface area contributed by atoms with Gasteiger partial charge in [-0.2, -0.15) is 0 Å². The Bertz CT molecular complexity index is 765. The Labute approximate surface area is 136 Å². The second-order valence-corrected chi connectivity index (χ2v) is 6.12. The van der Waals surface area contributed by atoms with Gasteiger partial charge in [0.25, 0.3) is 5.91 Å². The van der Waals surface area contributed by atoms with Gasteiger partial charge in [0.1, 0.15) is 6.04 Å². The molecule has 0 spiro atoms. The molecule has 4 heteroatoms. The lowest BCUT2D eigenvalue weighted by molar-refractivity contribution is -0.121. The quantitative estimate of drug-likeness (QED) is 0.885. The van der Waals surface area contributed by atoms with Crippen molar-refractivity contribution >= 4 is 23.2 Å². The summed E-state index contributed by atoms with van der Waals surface area (Å²) in [6.45, 7) is 5.92. The first-order valence-corrected chi connectivity index (χ1v) is 7.73. The van der Waals surface area contributed by atoms with Gasteiger partial charge in [-0.25, -0.2) is 4.90 Å². The van der Waals surface area contributed by atoms with Crippen LogP contribution in [-0.4, -0.2) is 17.9 Å². The predicted octanol–water partition coefficient (Wildman–Crippen LogP) is 3.36. The topological polar surface area (TPSA) is 49.4 Å². The second-order valence-electron chi connectivity index (χ2n) is 6.12. The molecule has 1 atom stereocenters. The van der Waals surface area contributed by atoms with E-state index in [2.05, 4.69) is 5.32 Å². The molecule has 1 saturated heterocycles. The van der Waals surface area contributed by atoms with Crippen LogP contribution >= 0.6 is 0 Å². The number of anilines is 2. The standard InChI is InChI=1S/C19H20N2O2/c1-12-4-7-15(8-5-12)20-16-11-18(22)21(19(16)23)17-9-6-13(2)10-14(17)3/h4-10,16,20H,11H2,1-3H3/t16-/m1/s1. The van der Waals surface area contributed by atoms with Crippen LogP contribution in [0.3, 0.4) is 0 Å². The molecule has 0 unspecified atom stereocenters. The fraction of sp³-hybridized carbons (Fsp3) is 0.263. The molecule has 118 valence electrons. The van der Waals surface area contributed by atoms with Crippen LogP contribution < -0.4 is 10.2 Å². The van der Waals surface area contributed by atoms with E-state index in [4.69, 9.17) is 0 Å². The number of nitrogens with zero attached hydrogens (tertiary/aromatic N) is 1. The van der Waals surface area contributed by atoms with Crippen LogP contribution in [0.1, 0.15) is 23.1 Å². The maximum atomic E-state index is 12.7. The minimum absolute atomic E-state index is 0.161.